The molecular formula is C18H24F3N3O2. The molecule has 0 aromatic heterocycles. The number of nitrogens with zero attached hydrogens (tertiary/aromatic N) is 1. The lowest BCUT2D eigenvalue weighted by Gasteiger charge is -2.21. The molecule has 2 aliphatic rings. The van der Waals surface area contributed by atoms with Gasteiger partial charge in [0.25, 0.3) is 0 Å². The quantitative estimate of drug-likeness (QED) is 0.835. The third kappa shape index (κ3) is 5.03. The number of alkyl halides is 3. The Morgan fingerprint density at radius 2 is 2.12 bits per heavy atom. The molecule has 1 aliphatic carbocycles. The van der Waals surface area contributed by atoms with Crippen molar-refractivity contribution in [2.45, 2.75) is 50.6 Å². The second kappa shape index (κ2) is 7.73. The largest absolute Gasteiger partial charge is 0.573 e. The number of nitrogens with one attached hydrogen (secondary N) is 1. The van der Waals surface area contributed by atoms with E-state index < -0.39 is 6.36 Å². The second-order valence-corrected chi connectivity index (χ2v) is 7.10. The molecule has 1 saturated heterocycles. The molecule has 1 aromatic rings. The predicted molar refractivity (Wildman–Crippen MR) is 91.8 cm³/mol. The van der Waals surface area contributed by atoms with E-state index in [-0.39, 0.29) is 29.7 Å². The summed E-state index contributed by atoms with van der Waals surface area (Å²) in [6, 6.07) is 6.02. The highest BCUT2D eigenvalue weighted by Gasteiger charge is 2.32. The number of hydrogen-bond donors (Lipinski definition) is 2. The molecule has 0 bridgehead atoms. The van der Waals surface area contributed by atoms with Crippen molar-refractivity contribution in [2.24, 2.45) is 11.7 Å². The summed E-state index contributed by atoms with van der Waals surface area (Å²) < 4.78 is 41.0. The van der Waals surface area contributed by atoms with E-state index in [4.69, 9.17) is 5.73 Å². The van der Waals surface area contributed by atoms with Gasteiger partial charge in [0, 0.05) is 43.3 Å². The first-order valence-corrected chi connectivity index (χ1v) is 8.96. The Morgan fingerprint density at radius 3 is 2.81 bits per heavy atom. The minimum absolute atomic E-state index is 0.00711. The molecule has 1 aliphatic heterocycles. The summed E-state index contributed by atoms with van der Waals surface area (Å²) in [5.74, 6) is 0.0229. The van der Waals surface area contributed by atoms with Crippen LogP contribution in [0.5, 0.6) is 5.75 Å². The van der Waals surface area contributed by atoms with Gasteiger partial charge in [0.05, 0.1) is 0 Å². The maximum absolute atomic E-state index is 12.4. The number of hydrogen-bond acceptors (Lipinski definition) is 4. The minimum Gasteiger partial charge on any atom is -0.406 e. The smallest absolute Gasteiger partial charge is 0.406 e. The van der Waals surface area contributed by atoms with Gasteiger partial charge in [0.2, 0.25) is 5.91 Å². The Bertz CT molecular complexity index is 638. The van der Waals surface area contributed by atoms with Crippen molar-refractivity contribution in [1.29, 1.82) is 0 Å². The summed E-state index contributed by atoms with van der Waals surface area (Å²) in [5, 5.41) is 3.03. The molecule has 1 amide bonds. The molecule has 5 nitrogen and oxygen atoms in total. The van der Waals surface area contributed by atoms with E-state index in [0.717, 1.165) is 25.7 Å². The maximum atomic E-state index is 12.4. The Hall–Kier alpha value is -1.96. The van der Waals surface area contributed by atoms with Crippen LogP contribution < -0.4 is 20.7 Å². The molecular weight excluding hydrogens is 347 g/mol. The monoisotopic (exact) mass is 371 g/mol. The molecule has 0 radical (unpaired) electrons. The predicted octanol–water partition coefficient (Wildman–Crippen LogP) is 2.80. The van der Waals surface area contributed by atoms with E-state index >= 15 is 0 Å². The summed E-state index contributed by atoms with van der Waals surface area (Å²) in [4.78, 5) is 14.2. The SMILES string of the molecule is N[C@@H]1CCC[C@H]1CC(=O)NC1CCN(c2cccc(OC(F)(F)F)c2)C1. The van der Waals surface area contributed by atoms with E-state index in [1.165, 1.54) is 18.2 Å². The Balaban J connectivity index is 1.52. The van der Waals surface area contributed by atoms with Gasteiger partial charge >= 0.3 is 6.36 Å². The zero-order chi connectivity index (χ0) is 18.7. The van der Waals surface area contributed by atoms with Gasteiger partial charge in [0.1, 0.15) is 5.75 Å². The van der Waals surface area contributed by atoms with Gasteiger partial charge in [-0.3, -0.25) is 4.79 Å². The molecule has 8 heteroatoms. The summed E-state index contributed by atoms with van der Waals surface area (Å²) in [6.45, 7) is 1.24. The third-order valence-electron chi connectivity index (χ3n) is 5.14. The van der Waals surface area contributed by atoms with Gasteiger partial charge in [-0.15, -0.1) is 13.2 Å². The lowest BCUT2D eigenvalue weighted by atomic mass is 9.99. The first kappa shape index (κ1) is 18.8. The van der Waals surface area contributed by atoms with E-state index in [1.54, 1.807) is 6.07 Å². The molecule has 0 spiro atoms. The van der Waals surface area contributed by atoms with Gasteiger partial charge < -0.3 is 20.7 Å². The van der Waals surface area contributed by atoms with E-state index in [0.29, 0.717) is 25.2 Å². The van der Waals surface area contributed by atoms with Crippen molar-refractivity contribution < 1.29 is 22.7 Å². The van der Waals surface area contributed by atoms with Gasteiger partial charge in [-0.25, -0.2) is 0 Å². The van der Waals surface area contributed by atoms with Crippen molar-refractivity contribution in [3.63, 3.8) is 0 Å². The molecule has 26 heavy (non-hydrogen) atoms. The van der Waals surface area contributed by atoms with Crippen LogP contribution >= 0.6 is 0 Å². The molecule has 144 valence electrons. The standard InChI is InChI=1S/C18H24F3N3O2/c19-18(20,21)26-15-5-2-4-14(10-15)24-8-7-13(11-24)23-17(25)9-12-3-1-6-16(12)22/h2,4-5,10,12-13,16H,1,3,6-9,11,22H2,(H,23,25)/t12-,13?,16+/m0/s1. The van der Waals surface area contributed by atoms with Gasteiger partial charge in [-0.2, -0.15) is 0 Å². The Labute approximate surface area is 150 Å². The molecule has 3 rings (SSSR count). The summed E-state index contributed by atoms with van der Waals surface area (Å²) in [5.41, 5.74) is 6.67. The highest BCUT2D eigenvalue weighted by atomic mass is 19.4. The van der Waals surface area contributed by atoms with Crippen LogP contribution in [0, 0.1) is 5.92 Å². The first-order chi connectivity index (χ1) is 12.3. The number of nitrogens with two attached hydrogens (primary N) is 1. The number of ether oxygens (including phenoxy) is 1. The maximum Gasteiger partial charge on any atom is 0.573 e. The van der Waals surface area contributed by atoms with Crippen LogP contribution in [0.3, 0.4) is 0 Å². The van der Waals surface area contributed by atoms with Crippen molar-refractivity contribution in [3.8, 4) is 5.75 Å². The van der Waals surface area contributed by atoms with Crippen LogP contribution in [0.2, 0.25) is 0 Å². The Morgan fingerprint density at radius 1 is 1.31 bits per heavy atom. The number of carbonyl (C=O) groups excluding carboxylic acids is 1. The minimum atomic E-state index is -4.71. The van der Waals surface area contributed by atoms with Crippen LogP contribution in [-0.2, 0) is 4.79 Å². The molecule has 1 aromatic carbocycles. The molecule has 2 fully saturated rings. The first-order valence-electron chi connectivity index (χ1n) is 8.96. The fourth-order valence-electron chi connectivity index (χ4n) is 3.83. The number of rotatable bonds is 5. The van der Waals surface area contributed by atoms with Gasteiger partial charge in [-0.05, 0) is 37.3 Å². The van der Waals surface area contributed by atoms with Gasteiger partial charge in [0.15, 0.2) is 0 Å². The van der Waals surface area contributed by atoms with Crippen LogP contribution in [0.1, 0.15) is 32.1 Å². The van der Waals surface area contributed by atoms with Crippen molar-refractivity contribution in [2.75, 3.05) is 18.0 Å². The summed E-state index contributed by atoms with van der Waals surface area (Å²) in [7, 11) is 0. The second-order valence-electron chi connectivity index (χ2n) is 7.10. The highest BCUT2D eigenvalue weighted by Crippen LogP contribution is 2.29. The zero-order valence-electron chi connectivity index (χ0n) is 14.5. The lowest BCUT2D eigenvalue weighted by molar-refractivity contribution is -0.274. The van der Waals surface area contributed by atoms with Crippen molar-refractivity contribution in [3.05, 3.63) is 24.3 Å². The van der Waals surface area contributed by atoms with E-state index in [9.17, 15) is 18.0 Å². The number of amides is 1. The number of carbonyl (C=O) groups is 1. The van der Waals surface area contributed by atoms with Crippen LogP contribution in [0.25, 0.3) is 0 Å². The molecule has 3 N–H and O–H groups in total. The molecule has 1 unspecified atom stereocenters. The lowest BCUT2D eigenvalue weighted by Crippen LogP contribution is -2.39. The normalized spacial score (nSPS) is 26.2. The summed E-state index contributed by atoms with van der Waals surface area (Å²) in [6.07, 6.45) is -0.448. The van der Waals surface area contributed by atoms with Crippen molar-refractivity contribution >= 4 is 11.6 Å². The van der Waals surface area contributed by atoms with E-state index in [2.05, 4.69) is 10.1 Å². The number of anilines is 1. The summed E-state index contributed by atoms with van der Waals surface area (Å²) >= 11 is 0. The highest BCUT2D eigenvalue weighted by molar-refractivity contribution is 5.76. The third-order valence-corrected chi connectivity index (χ3v) is 5.14. The topological polar surface area (TPSA) is 67.6 Å². The molecule has 1 saturated carbocycles. The van der Waals surface area contributed by atoms with E-state index in [1.807, 2.05) is 4.90 Å². The zero-order valence-corrected chi connectivity index (χ0v) is 14.5. The number of halogens is 3. The average Bonchev–Trinajstić information content (AvgIpc) is 3.16. The average molecular weight is 371 g/mol. The van der Waals surface area contributed by atoms with Crippen LogP contribution in [-0.4, -0.2) is 37.4 Å². The van der Waals surface area contributed by atoms with Crippen LogP contribution in [0.4, 0.5) is 18.9 Å². The van der Waals surface area contributed by atoms with Crippen molar-refractivity contribution in [1.82, 2.24) is 5.32 Å². The molecule has 3 atom stereocenters. The molecule has 1 heterocycles. The Kier molecular flexibility index (Phi) is 5.60. The fraction of sp³-hybridized carbons (Fsp3) is 0.611. The van der Waals surface area contributed by atoms with Crippen LogP contribution in [0.15, 0.2) is 24.3 Å². The van der Waals surface area contributed by atoms with Gasteiger partial charge in [-0.1, -0.05) is 12.5 Å². The fourth-order valence-corrected chi connectivity index (χ4v) is 3.83. The number of benzene rings is 1.